The monoisotopic (exact) mass is 187 g/mol. The van der Waals surface area contributed by atoms with Crippen molar-refractivity contribution in [1.29, 1.82) is 0 Å². The molecule has 11 heavy (non-hydrogen) atoms. The van der Waals surface area contributed by atoms with E-state index in [0.29, 0.717) is 25.0 Å². The van der Waals surface area contributed by atoms with Crippen LogP contribution in [0.3, 0.4) is 0 Å². The summed E-state index contributed by atoms with van der Waals surface area (Å²) in [7, 11) is 0. The Morgan fingerprint density at radius 2 is 0.909 bits per heavy atom. The molecule has 0 fully saturated rings. The molecule has 0 heterocycles. The van der Waals surface area contributed by atoms with E-state index in [9.17, 15) is 0 Å². The number of rotatable bonds is 2. The third-order valence-electron chi connectivity index (χ3n) is 0.730. The largest absolute Gasteiger partial charge is 0.396 e. The summed E-state index contributed by atoms with van der Waals surface area (Å²) in [5.74, 6) is 0.880. The molecule has 2 N–H and O–H groups in total. The van der Waals surface area contributed by atoms with Crippen molar-refractivity contribution in [3.63, 3.8) is 0 Å². The van der Waals surface area contributed by atoms with Crippen LogP contribution in [0.2, 0.25) is 0 Å². The first-order valence-corrected chi connectivity index (χ1v) is 3.76. The Balaban J connectivity index is -0.000000107. The average molecular weight is 187 g/mol. The van der Waals surface area contributed by atoms with Crippen molar-refractivity contribution in [2.24, 2.45) is 11.8 Å². The Morgan fingerprint density at radius 1 is 0.818 bits per heavy atom. The first-order valence-electron chi connectivity index (χ1n) is 3.76. The molecule has 2 nitrogen and oxygen atoms in total. The third-order valence-corrected chi connectivity index (χ3v) is 0.730. The molecule has 0 rings (SSSR count). The molecule has 0 saturated carbocycles. The molecule has 0 aliphatic heterocycles. The van der Waals surface area contributed by atoms with Crippen molar-refractivity contribution in [2.45, 2.75) is 27.7 Å². The molecule has 1 radical (unpaired) electrons. The first kappa shape index (κ1) is 18.4. The van der Waals surface area contributed by atoms with Crippen molar-refractivity contribution in [3.05, 3.63) is 0 Å². The van der Waals surface area contributed by atoms with Crippen LogP contribution in [0.1, 0.15) is 27.7 Å². The van der Waals surface area contributed by atoms with Crippen LogP contribution < -0.4 is 0 Å². The molecule has 0 aliphatic rings. The summed E-state index contributed by atoms with van der Waals surface area (Å²) >= 11 is 0. The van der Waals surface area contributed by atoms with Gasteiger partial charge in [-0.2, -0.15) is 0 Å². The van der Waals surface area contributed by atoms with Gasteiger partial charge >= 0.3 is 0 Å². The standard InChI is InChI=1S/2C4H10O.K/c2*1-4(2)3-5;/h2*4-5H,3H2,1-2H3;. The topological polar surface area (TPSA) is 40.5 Å². The van der Waals surface area contributed by atoms with Gasteiger partial charge in [-0.1, -0.05) is 27.7 Å². The molecule has 0 aromatic heterocycles. The second-order valence-corrected chi connectivity index (χ2v) is 3.15. The molecule has 0 saturated heterocycles. The zero-order chi connectivity index (χ0) is 8.57. The Labute approximate surface area is 113 Å². The van der Waals surface area contributed by atoms with Gasteiger partial charge in [-0.15, -0.1) is 0 Å². The molecule has 0 aromatic rings. The van der Waals surface area contributed by atoms with Gasteiger partial charge in [0.25, 0.3) is 0 Å². The van der Waals surface area contributed by atoms with E-state index in [4.69, 9.17) is 10.2 Å². The van der Waals surface area contributed by atoms with Crippen molar-refractivity contribution in [2.75, 3.05) is 13.2 Å². The van der Waals surface area contributed by atoms with Gasteiger partial charge in [0.1, 0.15) is 0 Å². The van der Waals surface area contributed by atoms with Gasteiger partial charge < -0.3 is 10.2 Å². The van der Waals surface area contributed by atoms with E-state index in [0.717, 1.165) is 0 Å². The zero-order valence-corrected chi connectivity index (χ0v) is 11.6. The fourth-order valence-corrected chi connectivity index (χ4v) is 0. The molecule has 0 atom stereocenters. The number of aliphatic hydroxyl groups excluding tert-OH is 2. The maximum Gasteiger partial charge on any atom is 0.0453 e. The molecular weight excluding hydrogens is 167 g/mol. The Bertz CT molecular complexity index is 48.1. The van der Waals surface area contributed by atoms with Crippen molar-refractivity contribution >= 4 is 51.4 Å². The molecule has 0 aromatic carbocycles. The summed E-state index contributed by atoms with van der Waals surface area (Å²) in [6, 6.07) is 0. The maximum absolute atomic E-state index is 8.14. The predicted molar refractivity (Wildman–Crippen MR) is 49.6 cm³/mol. The molecular formula is C8H20KO2. The fourth-order valence-electron chi connectivity index (χ4n) is 0. The Morgan fingerprint density at radius 3 is 0.909 bits per heavy atom. The SMILES string of the molecule is CC(C)CO.CC(C)CO.[K]. The number of hydrogen-bond acceptors (Lipinski definition) is 2. The Kier molecular flexibility index (Phi) is 23.5. The first-order chi connectivity index (χ1) is 4.54. The predicted octanol–water partition coefficient (Wildman–Crippen LogP) is 0.889. The second-order valence-electron chi connectivity index (χ2n) is 3.15. The molecule has 0 amide bonds. The van der Waals surface area contributed by atoms with Crippen LogP contribution in [0.15, 0.2) is 0 Å². The van der Waals surface area contributed by atoms with Crippen LogP contribution in [0.5, 0.6) is 0 Å². The minimum Gasteiger partial charge on any atom is -0.396 e. The van der Waals surface area contributed by atoms with Crippen LogP contribution >= 0.6 is 0 Å². The van der Waals surface area contributed by atoms with E-state index in [2.05, 4.69) is 0 Å². The summed E-state index contributed by atoms with van der Waals surface area (Å²) in [4.78, 5) is 0. The summed E-state index contributed by atoms with van der Waals surface area (Å²) < 4.78 is 0. The fraction of sp³-hybridized carbons (Fsp3) is 1.00. The minimum absolute atomic E-state index is 0. The molecule has 3 heteroatoms. The maximum atomic E-state index is 8.14. The number of aliphatic hydroxyl groups is 2. The van der Waals surface area contributed by atoms with Gasteiger partial charge in [-0.05, 0) is 11.8 Å². The van der Waals surface area contributed by atoms with Gasteiger partial charge in [-0.3, -0.25) is 0 Å². The van der Waals surface area contributed by atoms with Crippen LogP contribution in [-0.2, 0) is 0 Å². The van der Waals surface area contributed by atoms with Crippen LogP contribution in [0.4, 0.5) is 0 Å². The molecule has 65 valence electrons. The average Bonchev–Trinajstić information content (AvgIpc) is 1.89. The summed E-state index contributed by atoms with van der Waals surface area (Å²) in [6.07, 6.45) is 0. The van der Waals surface area contributed by atoms with E-state index >= 15 is 0 Å². The molecule has 0 spiro atoms. The molecule has 0 unspecified atom stereocenters. The van der Waals surface area contributed by atoms with Gasteiger partial charge in [-0.25, -0.2) is 0 Å². The summed E-state index contributed by atoms with van der Waals surface area (Å²) in [6.45, 7) is 8.50. The van der Waals surface area contributed by atoms with Crippen LogP contribution in [0, 0.1) is 11.8 Å². The van der Waals surface area contributed by atoms with Gasteiger partial charge in [0.2, 0.25) is 0 Å². The summed E-state index contributed by atoms with van der Waals surface area (Å²) in [5.41, 5.74) is 0. The van der Waals surface area contributed by atoms with Crippen molar-refractivity contribution < 1.29 is 10.2 Å². The van der Waals surface area contributed by atoms with Crippen molar-refractivity contribution in [3.8, 4) is 0 Å². The van der Waals surface area contributed by atoms with Gasteiger partial charge in [0, 0.05) is 64.6 Å². The third kappa shape index (κ3) is 34.2. The van der Waals surface area contributed by atoms with Crippen LogP contribution in [-0.4, -0.2) is 74.8 Å². The van der Waals surface area contributed by atoms with Gasteiger partial charge in [0.15, 0.2) is 0 Å². The van der Waals surface area contributed by atoms with Crippen LogP contribution in [0.25, 0.3) is 0 Å². The van der Waals surface area contributed by atoms with Gasteiger partial charge in [0.05, 0.1) is 0 Å². The molecule has 0 aliphatic carbocycles. The smallest absolute Gasteiger partial charge is 0.0453 e. The van der Waals surface area contributed by atoms with E-state index in [-0.39, 0.29) is 51.4 Å². The quantitative estimate of drug-likeness (QED) is 0.630. The summed E-state index contributed by atoms with van der Waals surface area (Å²) in [5, 5.41) is 16.3. The number of hydrogen-bond donors (Lipinski definition) is 2. The minimum atomic E-state index is 0. The second kappa shape index (κ2) is 14.1. The van der Waals surface area contributed by atoms with Crippen molar-refractivity contribution in [1.82, 2.24) is 0 Å². The zero-order valence-electron chi connectivity index (χ0n) is 8.46. The van der Waals surface area contributed by atoms with E-state index in [1.165, 1.54) is 0 Å². The normalized spacial score (nSPS) is 8.73. The molecule has 0 bridgehead atoms. The Hall–Kier alpha value is 1.56. The van der Waals surface area contributed by atoms with E-state index < -0.39 is 0 Å². The van der Waals surface area contributed by atoms with E-state index in [1.807, 2.05) is 27.7 Å². The van der Waals surface area contributed by atoms with E-state index in [1.54, 1.807) is 0 Å².